The predicted octanol–water partition coefficient (Wildman–Crippen LogP) is -1.28. The Bertz CT molecular complexity index is 365. The summed E-state index contributed by atoms with van der Waals surface area (Å²) in [7, 11) is 2.00. The van der Waals surface area contributed by atoms with E-state index in [-0.39, 0.29) is 25.3 Å². The van der Waals surface area contributed by atoms with Gasteiger partial charge in [-0.05, 0) is 7.05 Å². The fraction of sp³-hybridized carbons (Fsp3) is 0.833. The maximum absolute atomic E-state index is 11.8. The van der Waals surface area contributed by atoms with Crippen LogP contribution in [0.1, 0.15) is 0 Å². The van der Waals surface area contributed by atoms with Crippen LogP contribution in [0, 0.1) is 5.92 Å². The van der Waals surface area contributed by atoms with E-state index in [1.165, 1.54) is 0 Å². The summed E-state index contributed by atoms with van der Waals surface area (Å²) < 4.78 is 10.6. The molecular weight excluding hydrogens is 266 g/mol. The molecule has 0 aromatic heterocycles. The molecule has 3 atom stereocenters. The molecule has 2 aliphatic rings. The zero-order valence-corrected chi connectivity index (χ0v) is 11.5. The number of nitrogens with one attached hydrogen (secondary N) is 2. The number of hydrogen-bond donors (Lipinski definition) is 3. The highest BCUT2D eigenvalue weighted by molar-refractivity contribution is 5.77. The smallest absolute Gasteiger partial charge is 0.315 e. The lowest BCUT2D eigenvalue weighted by Crippen LogP contribution is -2.51. The quantitative estimate of drug-likeness (QED) is 0.595. The molecule has 0 aromatic carbocycles. The van der Waals surface area contributed by atoms with Gasteiger partial charge in [0.2, 0.25) is 0 Å². The van der Waals surface area contributed by atoms with Crippen molar-refractivity contribution in [3.05, 3.63) is 0 Å². The molecule has 3 unspecified atom stereocenters. The summed E-state index contributed by atoms with van der Waals surface area (Å²) in [5, 5.41) is 14.3. The molecule has 0 saturated carbocycles. The Morgan fingerprint density at radius 2 is 2.20 bits per heavy atom. The highest BCUT2D eigenvalue weighted by Gasteiger charge is 2.35. The van der Waals surface area contributed by atoms with E-state index in [2.05, 4.69) is 15.5 Å². The maximum Gasteiger partial charge on any atom is 0.315 e. The van der Waals surface area contributed by atoms with Gasteiger partial charge in [0.05, 0.1) is 32.0 Å². The van der Waals surface area contributed by atoms with Gasteiger partial charge in [-0.3, -0.25) is 4.79 Å². The molecule has 2 heterocycles. The molecule has 8 heteroatoms. The lowest BCUT2D eigenvalue weighted by atomic mass is 10.0. The number of amides is 2. The molecule has 3 N–H and O–H groups in total. The van der Waals surface area contributed by atoms with Crippen LogP contribution in [-0.2, 0) is 14.3 Å². The van der Waals surface area contributed by atoms with Crippen LogP contribution in [0.5, 0.6) is 0 Å². The molecule has 2 amide bonds. The molecule has 0 radical (unpaired) electrons. The third-order valence-electron chi connectivity index (χ3n) is 3.55. The summed E-state index contributed by atoms with van der Waals surface area (Å²) in [4.78, 5) is 24.8. The van der Waals surface area contributed by atoms with Crippen LogP contribution in [0.2, 0.25) is 0 Å². The molecule has 0 bridgehead atoms. The van der Waals surface area contributed by atoms with Gasteiger partial charge >= 0.3 is 12.0 Å². The first-order chi connectivity index (χ1) is 9.56. The summed E-state index contributed by atoms with van der Waals surface area (Å²) in [6.45, 7) is 3.08. The SMILES string of the molecule is CN1CCOC(CNC(=O)NC2COCC2C(=O)O)C1. The van der Waals surface area contributed by atoms with Crippen LogP contribution in [0.4, 0.5) is 4.79 Å². The van der Waals surface area contributed by atoms with E-state index < -0.39 is 17.9 Å². The Morgan fingerprint density at radius 1 is 1.40 bits per heavy atom. The first-order valence-electron chi connectivity index (χ1n) is 6.71. The van der Waals surface area contributed by atoms with E-state index in [1.54, 1.807) is 0 Å². The number of carbonyl (C=O) groups is 2. The van der Waals surface area contributed by atoms with E-state index in [1.807, 2.05) is 7.05 Å². The van der Waals surface area contributed by atoms with E-state index in [0.29, 0.717) is 13.2 Å². The van der Waals surface area contributed by atoms with Crippen LogP contribution < -0.4 is 10.6 Å². The Hall–Kier alpha value is -1.38. The van der Waals surface area contributed by atoms with Gasteiger partial charge in [0.1, 0.15) is 5.92 Å². The zero-order valence-electron chi connectivity index (χ0n) is 11.5. The normalized spacial score (nSPS) is 30.9. The molecule has 2 fully saturated rings. The molecule has 114 valence electrons. The van der Waals surface area contributed by atoms with Crippen molar-refractivity contribution >= 4 is 12.0 Å². The van der Waals surface area contributed by atoms with Crippen molar-refractivity contribution in [3.63, 3.8) is 0 Å². The van der Waals surface area contributed by atoms with Gasteiger partial charge in [0.25, 0.3) is 0 Å². The van der Waals surface area contributed by atoms with E-state index in [4.69, 9.17) is 14.6 Å². The van der Waals surface area contributed by atoms with E-state index in [0.717, 1.165) is 13.1 Å². The first kappa shape index (κ1) is 15.0. The zero-order chi connectivity index (χ0) is 14.5. The second kappa shape index (κ2) is 6.87. The number of carboxylic acids is 1. The molecule has 0 aromatic rings. The Morgan fingerprint density at radius 3 is 2.90 bits per heavy atom. The average Bonchev–Trinajstić information content (AvgIpc) is 2.85. The maximum atomic E-state index is 11.8. The monoisotopic (exact) mass is 287 g/mol. The number of morpholine rings is 1. The molecular formula is C12H21N3O5. The molecule has 2 rings (SSSR count). The molecule has 0 aliphatic carbocycles. The Labute approximate surface area is 117 Å². The van der Waals surface area contributed by atoms with Crippen molar-refractivity contribution in [1.82, 2.24) is 15.5 Å². The van der Waals surface area contributed by atoms with Crippen molar-refractivity contribution < 1.29 is 24.2 Å². The second-order valence-corrected chi connectivity index (χ2v) is 5.20. The van der Waals surface area contributed by atoms with Crippen molar-refractivity contribution in [2.24, 2.45) is 5.92 Å². The molecule has 8 nitrogen and oxygen atoms in total. The number of ether oxygens (including phenoxy) is 2. The minimum Gasteiger partial charge on any atom is -0.481 e. The number of rotatable bonds is 4. The number of aliphatic carboxylic acids is 1. The van der Waals surface area contributed by atoms with Gasteiger partial charge in [0, 0.05) is 19.6 Å². The minimum atomic E-state index is -0.954. The molecule has 20 heavy (non-hydrogen) atoms. The molecule has 0 spiro atoms. The number of urea groups is 1. The summed E-state index contributed by atoms with van der Waals surface area (Å²) in [5.41, 5.74) is 0. The van der Waals surface area contributed by atoms with E-state index >= 15 is 0 Å². The van der Waals surface area contributed by atoms with E-state index in [9.17, 15) is 9.59 Å². The van der Waals surface area contributed by atoms with Crippen LogP contribution in [0.15, 0.2) is 0 Å². The summed E-state index contributed by atoms with van der Waals surface area (Å²) in [5.74, 6) is -1.64. The lowest BCUT2D eigenvalue weighted by Gasteiger charge is -2.30. The van der Waals surface area contributed by atoms with Crippen molar-refractivity contribution in [2.45, 2.75) is 12.1 Å². The first-order valence-corrected chi connectivity index (χ1v) is 6.71. The number of likely N-dealkylation sites (N-methyl/N-ethyl adjacent to an activating group) is 1. The van der Waals surface area contributed by atoms with Crippen molar-refractivity contribution in [1.29, 1.82) is 0 Å². The second-order valence-electron chi connectivity index (χ2n) is 5.20. The highest BCUT2D eigenvalue weighted by Crippen LogP contribution is 2.13. The van der Waals surface area contributed by atoms with Crippen molar-refractivity contribution in [2.75, 3.05) is 46.5 Å². The topological polar surface area (TPSA) is 100 Å². The summed E-state index contributed by atoms with van der Waals surface area (Å²) in [6, 6.07) is -0.869. The Balaban J connectivity index is 1.71. The number of carboxylic acid groups (broad SMARTS) is 1. The van der Waals surface area contributed by atoms with Gasteiger partial charge in [-0.15, -0.1) is 0 Å². The number of nitrogens with zero attached hydrogens (tertiary/aromatic N) is 1. The number of hydrogen-bond acceptors (Lipinski definition) is 5. The van der Waals surface area contributed by atoms with Crippen LogP contribution in [0.3, 0.4) is 0 Å². The van der Waals surface area contributed by atoms with Gasteiger partial charge in [-0.1, -0.05) is 0 Å². The average molecular weight is 287 g/mol. The standard InChI is InChI=1S/C12H21N3O5/c1-15-2-3-20-8(5-15)4-13-12(18)14-10-7-19-6-9(10)11(16)17/h8-10H,2-7H2,1H3,(H,16,17)(H2,13,14,18). The van der Waals surface area contributed by atoms with Gasteiger partial charge < -0.3 is 30.1 Å². The molecule has 2 aliphatic heterocycles. The highest BCUT2D eigenvalue weighted by atomic mass is 16.5. The summed E-state index contributed by atoms with van der Waals surface area (Å²) in [6.07, 6.45) is -0.0328. The minimum absolute atomic E-state index is 0.0328. The summed E-state index contributed by atoms with van der Waals surface area (Å²) >= 11 is 0. The molecule has 2 saturated heterocycles. The van der Waals surface area contributed by atoms with Gasteiger partial charge in [-0.2, -0.15) is 0 Å². The third kappa shape index (κ3) is 4.06. The van der Waals surface area contributed by atoms with Crippen molar-refractivity contribution in [3.8, 4) is 0 Å². The van der Waals surface area contributed by atoms with Crippen LogP contribution in [-0.4, -0.2) is 80.7 Å². The van der Waals surface area contributed by atoms with Crippen LogP contribution in [0.25, 0.3) is 0 Å². The fourth-order valence-electron chi connectivity index (χ4n) is 2.36. The van der Waals surface area contributed by atoms with Gasteiger partial charge in [-0.25, -0.2) is 4.79 Å². The van der Waals surface area contributed by atoms with Gasteiger partial charge in [0.15, 0.2) is 0 Å². The number of carbonyl (C=O) groups excluding carboxylic acids is 1. The Kier molecular flexibility index (Phi) is 5.16. The predicted molar refractivity (Wildman–Crippen MR) is 69.5 cm³/mol. The van der Waals surface area contributed by atoms with Crippen LogP contribution >= 0.6 is 0 Å². The largest absolute Gasteiger partial charge is 0.481 e. The third-order valence-corrected chi connectivity index (χ3v) is 3.55. The lowest BCUT2D eigenvalue weighted by molar-refractivity contribution is -0.142. The fourth-order valence-corrected chi connectivity index (χ4v) is 2.36.